The van der Waals surface area contributed by atoms with Crippen molar-refractivity contribution < 1.29 is 19.1 Å². The second kappa shape index (κ2) is 9.82. The van der Waals surface area contributed by atoms with Crippen LogP contribution in [-0.4, -0.2) is 35.7 Å². The number of para-hydroxylation sites is 1. The van der Waals surface area contributed by atoms with E-state index >= 15 is 0 Å². The predicted octanol–water partition coefficient (Wildman–Crippen LogP) is 6.10. The van der Waals surface area contributed by atoms with Gasteiger partial charge in [0.1, 0.15) is 10.6 Å². The van der Waals surface area contributed by atoms with Crippen molar-refractivity contribution in [2.24, 2.45) is 0 Å². The minimum atomic E-state index is -1.40. The maximum Gasteiger partial charge on any atom is 0.341 e. The third-order valence-corrected chi connectivity index (χ3v) is 8.01. The molecule has 4 rings (SSSR count). The Bertz CT molecular complexity index is 1260. The fourth-order valence-corrected chi connectivity index (χ4v) is 6.06. The van der Waals surface area contributed by atoms with Crippen molar-refractivity contribution in [1.82, 2.24) is 0 Å². The number of benzene rings is 2. The molecule has 1 aliphatic heterocycles. The Labute approximate surface area is 211 Å². The fourth-order valence-electron chi connectivity index (χ4n) is 3.77. The molecule has 1 N–H and O–H groups in total. The lowest BCUT2D eigenvalue weighted by atomic mass is 10.0. The van der Waals surface area contributed by atoms with Gasteiger partial charge in [-0.15, -0.1) is 11.3 Å². The molecule has 2 aromatic carbocycles. The number of esters is 1. The van der Waals surface area contributed by atoms with Crippen molar-refractivity contribution in [2.75, 3.05) is 23.4 Å². The predicted molar refractivity (Wildman–Crippen MR) is 138 cm³/mol. The summed E-state index contributed by atoms with van der Waals surface area (Å²) in [5.74, 6) is -1.34. The van der Waals surface area contributed by atoms with Crippen LogP contribution >= 0.6 is 34.7 Å². The van der Waals surface area contributed by atoms with Crippen LogP contribution in [0.2, 0.25) is 5.02 Å². The van der Waals surface area contributed by atoms with Crippen LogP contribution in [0.3, 0.4) is 0 Å². The average Bonchev–Trinajstić information content (AvgIpc) is 3.24. The van der Waals surface area contributed by atoms with Gasteiger partial charge in [-0.2, -0.15) is 0 Å². The smallest absolute Gasteiger partial charge is 0.341 e. The number of hydrogen-bond acceptors (Lipinski definition) is 6. The van der Waals surface area contributed by atoms with Gasteiger partial charge >= 0.3 is 5.97 Å². The maximum atomic E-state index is 13.6. The highest BCUT2D eigenvalue weighted by atomic mass is 35.5. The molecule has 176 valence electrons. The second-order valence-corrected chi connectivity index (χ2v) is 10.5. The summed E-state index contributed by atoms with van der Waals surface area (Å²) in [4.78, 5) is 42.3. The zero-order valence-corrected chi connectivity index (χ0v) is 21.3. The Kier molecular flexibility index (Phi) is 7.02. The Morgan fingerprint density at radius 1 is 1.12 bits per heavy atom. The average molecular weight is 515 g/mol. The van der Waals surface area contributed by atoms with E-state index in [9.17, 15) is 14.4 Å². The molecule has 3 aromatic rings. The summed E-state index contributed by atoms with van der Waals surface area (Å²) in [6, 6.07) is 14.6. The van der Waals surface area contributed by atoms with E-state index in [0.29, 0.717) is 22.1 Å². The van der Waals surface area contributed by atoms with E-state index in [4.69, 9.17) is 16.3 Å². The van der Waals surface area contributed by atoms with Crippen LogP contribution in [0.5, 0.6) is 0 Å². The highest BCUT2D eigenvalue weighted by Gasteiger charge is 2.49. The van der Waals surface area contributed by atoms with Gasteiger partial charge in [0.2, 0.25) is 0 Å². The lowest BCUT2D eigenvalue weighted by Crippen LogP contribution is -2.54. The molecule has 0 radical (unpaired) electrons. The SMILES string of the molecule is CCOC(=O)c1c(-c2ccc(Cl)cc2)csc1NC(=O)C1(C)Sc2ccccc2N(CC)C1=O. The van der Waals surface area contributed by atoms with Crippen molar-refractivity contribution in [1.29, 1.82) is 0 Å². The summed E-state index contributed by atoms with van der Waals surface area (Å²) < 4.78 is 3.88. The van der Waals surface area contributed by atoms with Gasteiger partial charge in [0.15, 0.2) is 4.75 Å². The Morgan fingerprint density at radius 3 is 2.50 bits per heavy atom. The minimum absolute atomic E-state index is 0.191. The van der Waals surface area contributed by atoms with Crippen LogP contribution in [0.1, 0.15) is 31.1 Å². The number of rotatable bonds is 6. The number of fused-ring (bicyclic) bond motifs is 1. The van der Waals surface area contributed by atoms with E-state index in [0.717, 1.165) is 16.1 Å². The molecule has 1 aromatic heterocycles. The number of halogens is 1. The standard InChI is InChI=1S/C25H23ClN2O4S2/c1-4-28-18-8-6-7-9-19(18)34-25(3,24(28)31)23(30)27-21-20(22(29)32-5-2)17(14-33-21)15-10-12-16(26)13-11-15/h6-14H,4-5H2,1-3H3,(H,27,30). The molecule has 0 saturated heterocycles. The number of thioether (sulfide) groups is 1. The molecular weight excluding hydrogens is 492 g/mol. The summed E-state index contributed by atoms with van der Waals surface area (Å²) in [5, 5.41) is 5.55. The van der Waals surface area contributed by atoms with E-state index in [1.165, 1.54) is 23.1 Å². The van der Waals surface area contributed by atoms with Gasteiger partial charge in [0.25, 0.3) is 11.8 Å². The summed E-state index contributed by atoms with van der Waals surface area (Å²) in [6.45, 7) is 5.84. The number of anilines is 2. The van der Waals surface area contributed by atoms with Crippen LogP contribution in [-0.2, 0) is 14.3 Å². The van der Waals surface area contributed by atoms with E-state index in [1.54, 1.807) is 48.4 Å². The molecule has 0 aliphatic carbocycles. The second-order valence-electron chi connectivity index (χ2n) is 7.69. The first-order valence-corrected chi connectivity index (χ1v) is 12.8. The van der Waals surface area contributed by atoms with Crippen LogP contribution in [0.4, 0.5) is 10.7 Å². The van der Waals surface area contributed by atoms with Crippen molar-refractivity contribution in [3.63, 3.8) is 0 Å². The topological polar surface area (TPSA) is 75.7 Å². The molecule has 1 unspecified atom stereocenters. The first kappa shape index (κ1) is 24.3. The first-order valence-electron chi connectivity index (χ1n) is 10.8. The number of amides is 2. The highest BCUT2D eigenvalue weighted by Crippen LogP contribution is 2.46. The Hall–Kier alpha value is -2.81. The van der Waals surface area contributed by atoms with Crippen molar-refractivity contribution >= 4 is 63.2 Å². The van der Waals surface area contributed by atoms with Gasteiger partial charge in [-0.3, -0.25) is 9.59 Å². The van der Waals surface area contributed by atoms with Crippen LogP contribution in [0, 0.1) is 0 Å². The summed E-state index contributed by atoms with van der Waals surface area (Å²) >= 11 is 8.44. The molecule has 0 bridgehead atoms. The van der Waals surface area contributed by atoms with Crippen LogP contribution in [0.15, 0.2) is 58.8 Å². The molecule has 0 saturated carbocycles. The number of nitrogens with one attached hydrogen (secondary N) is 1. The number of carbonyl (C=O) groups is 3. The van der Waals surface area contributed by atoms with E-state index in [2.05, 4.69) is 5.32 Å². The van der Waals surface area contributed by atoms with Crippen LogP contribution < -0.4 is 10.2 Å². The zero-order valence-electron chi connectivity index (χ0n) is 18.9. The highest BCUT2D eigenvalue weighted by molar-refractivity contribution is 8.02. The minimum Gasteiger partial charge on any atom is -0.462 e. The molecule has 0 fully saturated rings. The lowest BCUT2D eigenvalue weighted by Gasteiger charge is -2.38. The number of hydrogen-bond donors (Lipinski definition) is 1. The molecule has 2 amide bonds. The lowest BCUT2D eigenvalue weighted by molar-refractivity contribution is -0.128. The molecule has 2 heterocycles. The fraction of sp³-hybridized carbons (Fsp3) is 0.240. The van der Waals surface area contributed by atoms with E-state index < -0.39 is 16.6 Å². The van der Waals surface area contributed by atoms with Gasteiger partial charge in [0, 0.05) is 27.4 Å². The summed E-state index contributed by atoms with van der Waals surface area (Å²) in [7, 11) is 0. The molecule has 1 aliphatic rings. The van der Waals surface area contributed by atoms with Crippen molar-refractivity contribution in [2.45, 2.75) is 30.4 Å². The van der Waals surface area contributed by atoms with Gasteiger partial charge in [0.05, 0.1) is 12.3 Å². The number of nitrogens with zero attached hydrogens (tertiary/aromatic N) is 1. The Morgan fingerprint density at radius 2 is 1.82 bits per heavy atom. The molecule has 0 spiro atoms. The third kappa shape index (κ3) is 4.33. The van der Waals surface area contributed by atoms with Crippen molar-refractivity contribution in [3.05, 3.63) is 64.5 Å². The van der Waals surface area contributed by atoms with Crippen molar-refractivity contribution in [3.8, 4) is 11.1 Å². The van der Waals surface area contributed by atoms with Gasteiger partial charge in [-0.25, -0.2) is 4.79 Å². The van der Waals surface area contributed by atoms with Gasteiger partial charge in [-0.05, 0) is 50.6 Å². The number of ether oxygens (including phenoxy) is 1. The normalized spacial score (nSPS) is 17.3. The van der Waals surface area contributed by atoms with Crippen LogP contribution in [0.25, 0.3) is 11.1 Å². The molecular formula is C25H23ClN2O4S2. The number of carbonyl (C=O) groups excluding carboxylic acids is 3. The maximum absolute atomic E-state index is 13.6. The molecule has 1 atom stereocenters. The summed E-state index contributed by atoms with van der Waals surface area (Å²) in [6.07, 6.45) is 0. The van der Waals surface area contributed by atoms with E-state index in [-0.39, 0.29) is 18.1 Å². The first-order chi connectivity index (χ1) is 16.3. The molecule has 9 heteroatoms. The van der Waals surface area contributed by atoms with Gasteiger partial charge in [-0.1, -0.05) is 47.6 Å². The largest absolute Gasteiger partial charge is 0.462 e. The molecule has 6 nitrogen and oxygen atoms in total. The third-order valence-electron chi connectivity index (χ3n) is 5.53. The number of thiophene rings is 1. The monoisotopic (exact) mass is 514 g/mol. The quantitative estimate of drug-likeness (QED) is 0.317. The Balaban J connectivity index is 1.71. The molecule has 34 heavy (non-hydrogen) atoms. The summed E-state index contributed by atoms with van der Waals surface area (Å²) in [5.41, 5.74) is 2.44. The van der Waals surface area contributed by atoms with E-state index in [1.807, 2.05) is 31.2 Å². The van der Waals surface area contributed by atoms with Gasteiger partial charge < -0.3 is 15.0 Å². The zero-order chi connectivity index (χ0) is 24.5.